The molecule has 0 unspecified atom stereocenters. The highest BCUT2D eigenvalue weighted by molar-refractivity contribution is 7.13. The van der Waals surface area contributed by atoms with Gasteiger partial charge in [0.05, 0.1) is 11.7 Å². The number of carbonyl (C=O) groups is 1. The Labute approximate surface area is 111 Å². The Morgan fingerprint density at radius 1 is 1.56 bits per heavy atom. The largest absolute Gasteiger partial charge is 0.320 e. The Hall–Kier alpha value is -0.980. The number of nitrogens with one attached hydrogen (secondary N) is 1. The predicted octanol–water partition coefficient (Wildman–Crippen LogP) is 1.41. The molecule has 1 aromatic rings. The van der Waals surface area contributed by atoms with Crippen molar-refractivity contribution in [2.75, 3.05) is 18.4 Å². The first kappa shape index (κ1) is 13.5. The quantitative estimate of drug-likeness (QED) is 0.866. The number of amides is 1. The number of anilines is 1. The molecule has 1 saturated heterocycles. The zero-order valence-electron chi connectivity index (χ0n) is 10.7. The summed E-state index contributed by atoms with van der Waals surface area (Å²) < 4.78 is 0. The molecule has 1 aliphatic rings. The third-order valence-electron chi connectivity index (χ3n) is 3.03. The molecule has 1 fully saturated rings. The molecule has 0 aliphatic carbocycles. The molecule has 0 spiro atoms. The normalized spacial score (nSPS) is 18.6. The number of aromatic nitrogens is 1. The van der Waals surface area contributed by atoms with Gasteiger partial charge in [-0.1, -0.05) is 6.42 Å². The highest BCUT2D eigenvalue weighted by atomic mass is 32.1. The van der Waals surface area contributed by atoms with Crippen molar-refractivity contribution in [3.8, 4) is 0 Å². The van der Waals surface area contributed by atoms with Crippen molar-refractivity contribution in [1.29, 1.82) is 0 Å². The molecule has 1 aliphatic heterocycles. The lowest BCUT2D eigenvalue weighted by Crippen LogP contribution is -2.32. The lowest BCUT2D eigenvalue weighted by molar-refractivity contribution is -0.117. The summed E-state index contributed by atoms with van der Waals surface area (Å²) in [6, 6.07) is -0.501. The number of hydrogen-bond acceptors (Lipinski definition) is 5. The van der Waals surface area contributed by atoms with Crippen LogP contribution in [0, 0.1) is 0 Å². The van der Waals surface area contributed by atoms with Crippen LogP contribution in [-0.2, 0) is 11.3 Å². The maximum atomic E-state index is 11.4. The second kappa shape index (κ2) is 6.26. The Kier molecular flexibility index (Phi) is 4.68. The van der Waals surface area contributed by atoms with E-state index in [1.54, 1.807) is 6.92 Å². The Bertz CT molecular complexity index is 399. The zero-order chi connectivity index (χ0) is 13.0. The number of carbonyl (C=O) groups excluding carboxylic acids is 1. The van der Waals surface area contributed by atoms with Gasteiger partial charge in [0.1, 0.15) is 0 Å². The summed E-state index contributed by atoms with van der Waals surface area (Å²) in [5, 5.41) is 5.37. The molecule has 0 saturated carbocycles. The zero-order valence-corrected chi connectivity index (χ0v) is 11.5. The number of likely N-dealkylation sites (tertiary alicyclic amines) is 1. The van der Waals surface area contributed by atoms with Gasteiger partial charge >= 0.3 is 0 Å². The van der Waals surface area contributed by atoms with Crippen LogP contribution >= 0.6 is 11.3 Å². The molecule has 1 atom stereocenters. The summed E-state index contributed by atoms with van der Waals surface area (Å²) in [6.07, 6.45) is 3.89. The lowest BCUT2D eigenvalue weighted by atomic mass is 10.1. The van der Waals surface area contributed by atoms with Gasteiger partial charge in [-0.15, -0.1) is 11.3 Å². The van der Waals surface area contributed by atoms with Gasteiger partial charge in [0.15, 0.2) is 5.13 Å². The topological polar surface area (TPSA) is 71.2 Å². The van der Waals surface area contributed by atoms with Crippen LogP contribution in [0.3, 0.4) is 0 Å². The molecular formula is C12H20N4OS. The summed E-state index contributed by atoms with van der Waals surface area (Å²) in [4.78, 5) is 18.3. The van der Waals surface area contributed by atoms with E-state index >= 15 is 0 Å². The molecule has 6 heteroatoms. The average molecular weight is 268 g/mol. The molecule has 1 aromatic heterocycles. The van der Waals surface area contributed by atoms with Gasteiger partial charge in [-0.25, -0.2) is 4.98 Å². The fourth-order valence-electron chi connectivity index (χ4n) is 2.00. The number of nitrogens with zero attached hydrogens (tertiary/aromatic N) is 2. The maximum absolute atomic E-state index is 11.4. The van der Waals surface area contributed by atoms with Gasteiger partial charge in [0.2, 0.25) is 5.91 Å². The SMILES string of the molecule is C[C@@H](N)C(=O)Nc1nc(CN2CCCCC2)cs1. The van der Waals surface area contributed by atoms with Gasteiger partial charge in [0.25, 0.3) is 0 Å². The molecule has 1 amide bonds. The molecular weight excluding hydrogens is 248 g/mol. The number of hydrogen-bond donors (Lipinski definition) is 2. The van der Waals surface area contributed by atoms with E-state index in [1.807, 2.05) is 5.38 Å². The second-order valence-corrected chi connectivity index (χ2v) is 5.62. The number of rotatable bonds is 4. The van der Waals surface area contributed by atoms with Crippen LogP contribution in [0.4, 0.5) is 5.13 Å². The molecule has 18 heavy (non-hydrogen) atoms. The monoisotopic (exact) mass is 268 g/mol. The summed E-state index contributed by atoms with van der Waals surface area (Å²) in [6.45, 7) is 4.85. The summed E-state index contributed by atoms with van der Waals surface area (Å²) >= 11 is 1.46. The molecule has 3 N–H and O–H groups in total. The van der Waals surface area contributed by atoms with Gasteiger partial charge in [0, 0.05) is 11.9 Å². The lowest BCUT2D eigenvalue weighted by Gasteiger charge is -2.25. The highest BCUT2D eigenvalue weighted by Gasteiger charge is 2.14. The van der Waals surface area contributed by atoms with Crippen molar-refractivity contribution in [3.05, 3.63) is 11.1 Å². The fourth-order valence-corrected chi connectivity index (χ4v) is 2.71. The van der Waals surface area contributed by atoms with Crippen LogP contribution in [0.15, 0.2) is 5.38 Å². The third kappa shape index (κ3) is 3.76. The highest BCUT2D eigenvalue weighted by Crippen LogP contribution is 2.18. The van der Waals surface area contributed by atoms with E-state index in [-0.39, 0.29) is 5.91 Å². The van der Waals surface area contributed by atoms with E-state index in [0.717, 1.165) is 25.3 Å². The standard InChI is InChI=1S/C12H20N4OS/c1-9(13)11(17)15-12-14-10(8-18-12)7-16-5-3-2-4-6-16/h8-9H,2-7,13H2,1H3,(H,14,15,17)/t9-/m1/s1. The predicted molar refractivity (Wildman–Crippen MR) is 73.5 cm³/mol. The van der Waals surface area contributed by atoms with Crippen LogP contribution in [0.2, 0.25) is 0 Å². The van der Waals surface area contributed by atoms with Crippen molar-refractivity contribution in [1.82, 2.24) is 9.88 Å². The average Bonchev–Trinajstić information content (AvgIpc) is 2.77. The molecule has 0 aromatic carbocycles. The fraction of sp³-hybridized carbons (Fsp3) is 0.667. The van der Waals surface area contributed by atoms with E-state index in [1.165, 1.54) is 30.6 Å². The molecule has 2 heterocycles. The van der Waals surface area contributed by atoms with Crippen LogP contribution in [-0.4, -0.2) is 34.9 Å². The minimum Gasteiger partial charge on any atom is -0.320 e. The van der Waals surface area contributed by atoms with Gasteiger partial charge in [-0.05, 0) is 32.9 Å². The van der Waals surface area contributed by atoms with Crippen molar-refractivity contribution in [2.45, 2.75) is 38.8 Å². The van der Waals surface area contributed by atoms with Gasteiger partial charge < -0.3 is 11.1 Å². The van der Waals surface area contributed by atoms with Crippen LogP contribution in [0.1, 0.15) is 31.9 Å². The summed E-state index contributed by atoms with van der Waals surface area (Å²) in [5.74, 6) is -0.186. The number of thiazole rings is 1. The molecule has 5 nitrogen and oxygen atoms in total. The summed E-state index contributed by atoms with van der Waals surface area (Å²) in [7, 11) is 0. The second-order valence-electron chi connectivity index (χ2n) is 4.76. The smallest absolute Gasteiger partial charge is 0.242 e. The Balaban J connectivity index is 1.87. The van der Waals surface area contributed by atoms with Crippen molar-refractivity contribution in [2.24, 2.45) is 5.73 Å². The molecule has 100 valence electrons. The van der Waals surface area contributed by atoms with Crippen LogP contribution in [0.5, 0.6) is 0 Å². The minimum atomic E-state index is -0.501. The van der Waals surface area contributed by atoms with Gasteiger partial charge in [-0.2, -0.15) is 0 Å². The van der Waals surface area contributed by atoms with E-state index in [9.17, 15) is 4.79 Å². The Morgan fingerprint density at radius 2 is 2.28 bits per heavy atom. The van der Waals surface area contributed by atoms with E-state index in [2.05, 4.69) is 15.2 Å². The van der Waals surface area contributed by atoms with Crippen molar-refractivity contribution >= 4 is 22.4 Å². The van der Waals surface area contributed by atoms with E-state index in [0.29, 0.717) is 5.13 Å². The number of piperidine rings is 1. The molecule has 2 rings (SSSR count). The first-order valence-electron chi connectivity index (χ1n) is 6.38. The van der Waals surface area contributed by atoms with E-state index in [4.69, 9.17) is 5.73 Å². The molecule has 0 radical (unpaired) electrons. The number of nitrogens with two attached hydrogens (primary N) is 1. The van der Waals surface area contributed by atoms with Gasteiger partial charge in [-0.3, -0.25) is 9.69 Å². The van der Waals surface area contributed by atoms with Crippen molar-refractivity contribution in [3.63, 3.8) is 0 Å². The molecule has 0 bridgehead atoms. The van der Waals surface area contributed by atoms with E-state index < -0.39 is 6.04 Å². The first-order valence-corrected chi connectivity index (χ1v) is 7.26. The Morgan fingerprint density at radius 3 is 2.94 bits per heavy atom. The summed E-state index contributed by atoms with van der Waals surface area (Å²) in [5.41, 5.74) is 6.53. The van der Waals surface area contributed by atoms with Crippen molar-refractivity contribution < 1.29 is 4.79 Å². The van der Waals surface area contributed by atoms with Crippen LogP contribution in [0.25, 0.3) is 0 Å². The van der Waals surface area contributed by atoms with Crippen LogP contribution < -0.4 is 11.1 Å². The first-order chi connectivity index (χ1) is 8.65. The minimum absolute atomic E-state index is 0.186. The third-order valence-corrected chi connectivity index (χ3v) is 3.84. The maximum Gasteiger partial charge on any atom is 0.242 e.